The molecule has 1 aromatic rings. The van der Waals surface area contributed by atoms with Crippen LogP contribution in [0.15, 0.2) is 23.3 Å². The monoisotopic (exact) mass is 394 g/mol. The molecule has 1 heterocycles. The standard InChI is InChI=1S/C16H16ClFN6O3/c17-9-3-4-11(10(18)5-9)23-24-12(6-19)13(25)20-7-16(8-1-2-8)14(26)21-15(27)22-16/h3-6,8,19,23H,1-2,7H2,(H,20,25)(H2,21,22,26,27)/b19-6?,24-12+/t16-/m0/s1. The van der Waals surface area contributed by atoms with E-state index in [0.717, 1.165) is 18.9 Å². The first-order valence-electron chi connectivity index (χ1n) is 8.07. The lowest BCUT2D eigenvalue weighted by atomic mass is 9.93. The van der Waals surface area contributed by atoms with Gasteiger partial charge in [-0.25, -0.2) is 9.18 Å². The van der Waals surface area contributed by atoms with Gasteiger partial charge in [0.25, 0.3) is 11.8 Å². The van der Waals surface area contributed by atoms with Crippen LogP contribution in [0.25, 0.3) is 0 Å². The Morgan fingerprint density at radius 1 is 1.44 bits per heavy atom. The molecule has 0 bridgehead atoms. The predicted molar refractivity (Wildman–Crippen MR) is 96.4 cm³/mol. The summed E-state index contributed by atoms with van der Waals surface area (Å²) >= 11 is 5.66. The number of benzene rings is 1. The molecule has 1 aliphatic heterocycles. The zero-order valence-electron chi connectivity index (χ0n) is 13.9. The Morgan fingerprint density at radius 2 is 2.19 bits per heavy atom. The molecule has 1 atom stereocenters. The fraction of sp³-hybridized carbons (Fsp3) is 0.312. The highest BCUT2D eigenvalue weighted by Crippen LogP contribution is 2.40. The maximum atomic E-state index is 13.7. The summed E-state index contributed by atoms with van der Waals surface area (Å²) in [5.41, 5.74) is 0.797. The fourth-order valence-electron chi connectivity index (χ4n) is 2.80. The number of carbonyl (C=O) groups excluding carboxylic acids is 3. The maximum Gasteiger partial charge on any atom is 0.322 e. The minimum absolute atomic E-state index is 0.0246. The van der Waals surface area contributed by atoms with Gasteiger partial charge < -0.3 is 16.0 Å². The van der Waals surface area contributed by atoms with Crippen molar-refractivity contribution in [2.24, 2.45) is 11.0 Å². The molecule has 0 unspecified atom stereocenters. The third kappa shape index (κ3) is 3.90. The smallest absolute Gasteiger partial charge is 0.322 e. The maximum absolute atomic E-state index is 13.7. The van der Waals surface area contributed by atoms with Gasteiger partial charge in [-0.2, -0.15) is 5.10 Å². The molecule has 4 amide bonds. The third-order valence-corrected chi connectivity index (χ3v) is 4.60. The van der Waals surface area contributed by atoms with E-state index in [0.29, 0.717) is 6.21 Å². The summed E-state index contributed by atoms with van der Waals surface area (Å²) < 4.78 is 13.7. The number of imide groups is 1. The lowest BCUT2D eigenvalue weighted by molar-refractivity contribution is -0.125. The quantitative estimate of drug-likeness (QED) is 0.268. The molecule has 1 saturated heterocycles. The number of halogens is 2. The van der Waals surface area contributed by atoms with Crippen molar-refractivity contribution in [2.45, 2.75) is 18.4 Å². The summed E-state index contributed by atoms with van der Waals surface area (Å²) in [5.74, 6) is -1.98. The molecule has 0 spiro atoms. The number of hydrazone groups is 1. The van der Waals surface area contributed by atoms with Gasteiger partial charge in [0.2, 0.25) is 0 Å². The first-order chi connectivity index (χ1) is 12.9. The van der Waals surface area contributed by atoms with Crippen LogP contribution in [0.2, 0.25) is 5.02 Å². The molecule has 27 heavy (non-hydrogen) atoms. The van der Waals surface area contributed by atoms with Crippen molar-refractivity contribution in [1.82, 2.24) is 16.0 Å². The Kier molecular flexibility index (Phi) is 5.08. The number of hydrogen-bond acceptors (Lipinski definition) is 6. The van der Waals surface area contributed by atoms with Crippen LogP contribution in [0.3, 0.4) is 0 Å². The Morgan fingerprint density at radius 3 is 2.74 bits per heavy atom. The summed E-state index contributed by atoms with van der Waals surface area (Å²) in [5, 5.41) is 18.5. The first kappa shape index (κ1) is 18.8. The van der Waals surface area contributed by atoms with Gasteiger partial charge in [-0.05, 0) is 37.0 Å². The van der Waals surface area contributed by atoms with Crippen LogP contribution >= 0.6 is 11.6 Å². The van der Waals surface area contributed by atoms with E-state index in [9.17, 15) is 18.8 Å². The minimum atomic E-state index is -1.20. The largest absolute Gasteiger partial charge is 0.348 e. The summed E-state index contributed by atoms with van der Waals surface area (Å²) in [6.45, 7) is -0.143. The van der Waals surface area contributed by atoms with Crippen molar-refractivity contribution >= 4 is 47.1 Å². The van der Waals surface area contributed by atoms with E-state index < -0.39 is 29.2 Å². The van der Waals surface area contributed by atoms with Crippen molar-refractivity contribution < 1.29 is 18.8 Å². The highest BCUT2D eigenvalue weighted by molar-refractivity contribution is 6.60. The Labute approximate surface area is 158 Å². The first-order valence-corrected chi connectivity index (χ1v) is 8.44. The molecule has 1 aliphatic carbocycles. The van der Waals surface area contributed by atoms with Crippen LogP contribution in [-0.2, 0) is 9.59 Å². The zero-order chi connectivity index (χ0) is 19.6. The van der Waals surface area contributed by atoms with Crippen LogP contribution in [0.1, 0.15) is 12.8 Å². The average molecular weight is 395 g/mol. The predicted octanol–water partition coefficient (Wildman–Crippen LogP) is 1.00. The minimum Gasteiger partial charge on any atom is -0.348 e. The second-order valence-corrected chi connectivity index (χ2v) is 6.65. The van der Waals surface area contributed by atoms with Gasteiger partial charge >= 0.3 is 6.03 Å². The third-order valence-electron chi connectivity index (χ3n) is 4.37. The topological polar surface area (TPSA) is 136 Å². The summed E-state index contributed by atoms with van der Waals surface area (Å²) in [4.78, 5) is 35.9. The Bertz CT molecular complexity index is 857. The van der Waals surface area contributed by atoms with Crippen LogP contribution in [0.4, 0.5) is 14.9 Å². The lowest BCUT2D eigenvalue weighted by Crippen LogP contribution is -2.57. The van der Waals surface area contributed by atoms with E-state index in [2.05, 4.69) is 26.5 Å². The molecular weight excluding hydrogens is 379 g/mol. The number of rotatable bonds is 7. The Hall–Kier alpha value is -3.01. The molecule has 2 fully saturated rings. The number of hydrogen-bond donors (Lipinski definition) is 5. The van der Waals surface area contributed by atoms with Gasteiger partial charge in [0.15, 0.2) is 5.71 Å². The highest BCUT2D eigenvalue weighted by atomic mass is 35.5. The normalized spacial score (nSPS) is 22.1. The fourth-order valence-corrected chi connectivity index (χ4v) is 2.96. The molecular formula is C16H16ClFN6O3. The van der Waals surface area contributed by atoms with Gasteiger partial charge in [0.1, 0.15) is 11.4 Å². The van der Waals surface area contributed by atoms with Crippen molar-refractivity contribution in [3.63, 3.8) is 0 Å². The van der Waals surface area contributed by atoms with Crippen molar-refractivity contribution in [3.05, 3.63) is 29.0 Å². The molecule has 0 aromatic heterocycles. The summed E-state index contributed by atoms with van der Waals surface area (Å²) in [7, 11) is 0. The van der Waals surface area contributed by atoms with Crippen LogP contribution in [0, 0.1) is 17.1 Å². The van der Waals surface area contributed by atoms with Gasteiger partial charge in [-0.3, -0.25) is 20.3 Å². The van der Waals surface area contributed by atoms with E-state index in [-0.39, 0.29) is 28.9 Å². The molecule has 2 aliphatic rings. The van der Waals surface area contributed by atoms with Crippen LogP contribution < -0.4 is 21.4 Å². The average Bonchev–Trinajstić information content (AvgIpc) is 3.42. The number of nitrogens with zero attached hydrogens (tertiary/aromatic N) is 1. The number of nitrogens with one attached hydrogen (secondary N) is 5. The van der Waals surface area contributed by atoms with Gasteiger partial charge in [-0.1, -0.05) is 11.6 Å². The SMILES string of the molecule is N=C/C(=N\Nc1ccc(Cl)cc1F)C(=O)NC[C@@]1(C2CC2)NC(=O)NC1=O. The molecule has 11 heteroatoms. The van der Waals surface area contributed by atoms with E-state index in [1.165, 1.54) is 12.1 Å². The summed E-state index contributed by atoms with van der Waals surface area (Å²) in [6.07, 6.45) is 2.20. The van der Waals surface area contributed by atoms with Crippen molar-refractivity contribution in [3.8, 4) is 0 Å². The van der Waals surface area contributed by atoms with Crippen LogP contribution in [-0.4, -0.2) is 41.9 Å². The second kappa shape index (κ2) is 7.31. The molecule has 0 radical (unpaired) electrons. The van der Waals surface area contributed by atoms with E-state index in [4.69, 9.17) is 17.0 Å². The second-order valence-electron chi connectivity index (χ2n) is 6.21. The van der Waals surface area contributed by atoms with E-state index >= 15 is 0 Å². The molecule has 3 rings (SSSR count). The van der Waals surface area contributed by atoms with Crippen molar-refractivity contribution in [1.29, 1.82) is 5.41 Å². The lowest BCUT2D eigenvalue weighted by Gasteiger charge is -2.26. The molecule has 1 aromatic carbocycles. The summed E-state index contributed by atoms with van der Waals surface area (Å²) in [6, 6.07) is 3.24. The van der Waals surface area contributed by atoms with E-state index in [1.807, 2.05) is 0 Å². The Balaban J connectivity index is 1.67. The van der Waals surface area contributed by atoms with Gasteiger partial charge in [0.05, 0.1) is 18.4 Å². The molecule has 1 saturated carbocycles. The molecule has 142 valence electrons. The number of amides is 4. The number of urea groups is 1. The molecule has 9 nitrogen and oxygen atoms in total. The van der Waals surface area contributed by atoms with Crippen molar-refractivity contribution in [2.75, 3.05) is 12.0 Å². The van der Waals surface area contributed by atoms with Gasteiger partial charge in [-0.15, -0.1) is 0 Å². The zero-order valence-corrected chi connectivity index (χ0v) is 14.7. The van der Waals surface area contributed by atoms with Gasteiger partial charge in [0, 0.05) is 5.02 Å². The van der Waals surface area contributed by atoms with Crippen LogP contribution in [0.5, 0.6) is 0 Å². The molecule has 5 N–H and O–H groups in total. The number of anilines is 1. The highest BCUT2D eigenvalue weighted by Gasteiger charge is 2.56. The van der Waals surface area contributed by atoms with E-state index in [1.54, 1.807) is 0 Å². The number of carbonyl (C=O) groups is 3.